The molecule has 0 spiro atoms. The van der Waals surface area contributed by atoms with E-state index in [9.17, 15) is 14.4 Å². The van der Waals surface area contributed by atoms with Gasteiger partial charge >= 0.3 is 12.0 Å². The molecule has 5 N–H and O–H groups in total. The zero-order valence-corrected chi connectivity index (χ0v) is 14.4. The molecule has 3 rings (SSSR count). The maximum atomic E-state index is 12.0. The van der Waals surface area contributed by atoms with E-state index in [0.717, 1.165) is 0 Å². The fraction of sp³-hybridized carbons (Fsp3) is 0.0526. The van der Waals surface area contributed by atoms with Gasteiger partial charge in [0.1, 0.15) is 5.69 Å². The minimum absolute atomic E-state index is 0.0552. The fourth-order valence-corrected chi connectivity index (χ4v) is 2.49. The van der Waals surface area contributed by atoms with Gasteiger partial charge in [-0.05, 0) is 48.5 Å². The van der Waals surface area contributed by atoms with Gasteiger partial charge in [0.05, 0.1) is 18.2 Å². The third kappa shape index (κ3) is 4.44. The molecule has 0 saturated heterocycles. The normalized spacial score (nSPS) is 10.1. The molecule has 0 atom stereocenters. The van der Waals surface area contributed by atoms with Crippen molar-refractivity contribution in [1.82, 2.24) is 10.3 Å². The second-order valence-corrected chi connectivity index (χ2v) is 5.84. The highest BCUT2D eigenvalue weighted by Crippen LogP contribution is 2.20. The number of carbonyl (C=O) groups is 3. The van der Waals surface area contributed by atoms with Crippen LogP contribution < -0.4 is 16.0 Å². The Bertz CT molecular complexity index is 1100. The lowest BCUT2D eigenvalue weighted by Gasteiger charge is -2.08. The number of aromatic nitrogens is 1. The first-order chi connectivity index (χ1) is 13.4. The van der Waals surface area contributed by atoms with Crippen LogP contribution in [0.3, 0.4) is 0 Å². The van der Waals surface area contributed by atoms with Crippen molar-refractivity contribution in [3.8, 4) is 6.07 Å². The molecule has 1 heterocycles. The summed E-state index contributed by atoms with van der Waals surface area (Å²) >= 11 is 0. The Morgan fingerprint density at radius 3 is 2.39 bits per heavy atom. The molecule has 28 heavy (non-hydrogen) atoms. The predicted octanol–water partition coefficient (Wildman–Crippen LogP) is 2.50. The Hall–Kier alpha value is -4.32. The molecule has 0 aliphatic carbocycles. The number of hydrogen-bond donors (Lipinski definition) is 5. The number of carbonyl (C=O) groups excluding carboxylic acids is 2. The zero-order chi connectivity index (χ0) is 20.1. The Morgan fingerprint density at radius 1 is 1.00 bits per heavy atom. The summed E-state index contributed by atoms with van der Waals surface area (Å²) in [5.74, 6) is -1.51. The Labute approximate surface area is 159 Å². The quantitative estimate of drug-likeness (QED) is 0.463. The number of hydrogen-bond acceptors (Lipinski definition) is 4. The summed E-state index contributed by atoms with van der Waals surface area (Å²) in [6.45, 7) is -0.256. The average Bonchev–Trinajstić information content (AvgIpc) is 3.11. The highest BCUT2D eigenvalue weighted by atomic mass is 16.4. The van der Waals surface area contributed by atoms with E-state index in [2.05, 4.69) is 20.9 Å². The minimum atomic E-state index is -1.07. The molecule has 3 amide bonds. The summed E-state index contributed by atoms with van der Waals surface area (Å²) in [7, 11) is 0. The van der Waals surface area contributed by atoms with Gasteiger partial charge in [-0.1, -0.05) is 0 Å². The molecule has 3 aromatic rings. The number of urea groups is 1. The molecule has 2 aromatic carbocycles. The van der Waals surface area contributed by atoms with E-state index in [1.54, 1.807) is 42.5 Å². The molecular weight excluding hydrogens is 362 g/mol. The number of nitrogens with zero attached hydrogens (tertiary/aromatic N) is 1. The molecule has 9 nitrogen and oxygen atoms in total. The smallest absolute Gasteiger partial charge is 0.352 e. The van der Waals surface area contributed by atoms with Gasteiger partial charge in [0.2, 0.25) is 5.91 Å². The average molecular weight is 377 g/mol. The van der Waals surface area contributed by atoms with Crippen molar-refractivity contribution in [3.63, 3.8) is 0 Å². The first-order valence-corrected chi connectivity index (χ1v) is 8.15. The zero-order valence-electron chi connectivity index (χ0n) is 14.4. The lowest BCUT2D eigenvalue weighted by Crippen LogP contribution is -2.35. The van der Waals surface area contributed by atoms with Crippen molar-refractivity contribution in [1.29, 1.82) is 5.26 Å². The summed E-state index contributed by atoms with van der Waals surface area (Å²) in [5.41, 5.74) is 2.13. The summed E-state index contributed by atoms with van der Waals surface area (Å²) in [4.78, 5) is 37.6. The van der Waals surface area contributed by atoms with E-state index in [4.69, 9.17) is 10.4 Å². The first kappa shape index (κ1) is 18.5. The number of nitriles is 1. The summed E-state index contributed by atoms with van der Waals surface area (Å²) in [5, 5.41) is 26.0. The Balaban J connectivity index is 1.53. The number of fused-ring (bicyclic) bond motifs is 1. The maximum absolute atomic E-state index is 12.0. The van der Waals surface area contributed by atoms with Crippen LogP contribution in [-0.2, 0) is 4.79 Å². The van der Waals surface area contributed by atoms with Crippen LogP contribution in [0.15, 0.2) is 48.5 Å². The molecule has 0 fully saturated rings. The third-order valence-corrected chi connectivity index (χ3v) is 3.82. The van der Waals surface area contributed by atoms with E-state index < -0.39 is 17.9 Å². The van der Waals surface area contributed by atoms with Crippen LogP contribution in [0, 0.1) is 11.3 Å². The third-order valence-electron chi connectivity index (χ3n) is 3.82. The van der Waals surface area contributed by atoms with Gasteiger partial charge in [-0.15, -0.1) is 0 Å². The van der Waals surface area contributed by atoms with Crippen LogP contribution in [0.2, 0.25) is 0 Å². The number of carboxylic acids is 1. The van der Waals surface area contributed by atoms with Gasteiger partial charge in [-0.3, -0.25) is 4.79 Å². The number of amides is 3. The monoisotopic (exact) mass is 377 g/mol. The number of benzene rings is 2. The van der Waals surface area contributed by atoms with Gasteiger partial charge in [-0.2, -0.15) is 5.26 Å². The summed E-state index contributed by atoms with van der Waals surface area (Å²) in [6, 6.07) is 14.1. The number of aromatic amines is 1. The molecule has 0 aliphatic rings. The number of rotatable bonds is 5. The summed E-state index contributed by atoms with van der Waals surface area (Å²) in [6.07, 6.45) is 0. The van der Waals surface area contributed by atoms with E-state index in [0.29, 0.717) is 27.8 Å². The molecule has 140 valence electrons. The lowest BCUT2D eigenvalue weighted by atomic mass is 10.2. The number of nitrogens with one attached hydrogen (secondary N) is 4. The van der Waals surface area contributed by atoms with E-state index in [1.807, 2.05) is 6.07 Å². The number of anilines is 2. The molecule has 0 unspecified atom stereocenters. The largest absolute Gasteiger partial charge is 0.477 e. The van der Waals surface area contributed by atoms with Crippen molar-refractivity contribution in [3.05, 3.63) is 59.8 Å². The van der Waals surface area contributed by atoms with Gasteiger partial charge in [-0.25, -0.2) is 9.59 Å². The van der Waals surface area contributed by atoms with E-state index in [1.165, 1.54) is 6.07 Å². The number of carboxylic acid groups (broad SMARTS) is 1. The number of aromatic carboxylic acids is 1. The molecule has 0 aliphatic heterocycles. The van der Waals surface area contributed by atoms with Crippen molar-refractivity contribution in [2.75, 3.05) is 17.2 Å². The van der Waals surface area contributed by atoms with Crippen molar-refractivity contribution in [2.45, 2.75) is 0 Å². The number of H-pyrrole nitrogens is 1. The van der Waals surface area contributed by atoms with Crippen LogP contribution in [-0.4, -0.2) is 34.5 Å². The molecule has 0 radical (unpaired) electrons. The summed E-state index contributed by atoms with van der Waals surface area (Å²) < 4.78 is 0. The lowest BCUT2D eigenvalue weighted by molar-refractivity contribution is -0.115. The minimum Gasteiger partial charge on any atom is -0.477 e. The van der Waals surface area contributed by atoms with Gasteiger partial charge in [0.15, 0.2) is 0 Å². The fourth-order valence-electron chi connectivity index (χ4n) is 2.49. The standard InChI is InChI=1S/C19H15N5O4/c20-9-11-1-3-13(4-2-11)23-19(28)21-10-17(25)22-14-5-6-15-12(7-14)8-16(24-15)18(26)27/h1-8,24H,10H2,(H,22,25)(H,26,27)(H2,21,23,28). The van der Waals surface area contributed by atoms with E-state index >= 15 is 0 Å². The Kier molecular flexibility index (Phi) is 5.23. The van der Waals surface area contributed by atoms with Crippen LogP contribution in [0.1, 0.15) is 16.1 Å². The second kappa shape index (κ2) is 7.92. The van der Waals surface area contributed by atoms with Crippen LogP contribution in [0.5, 0.6) is 0 Å². The molecule has 9 heteroatoms. The molecule has 1 aromatic heterocycles. The van der Waals surface area contributed by atoms with Gasteiger partial charge in [0.25, 0.3) is 0 Å². The van der Waals surface area contributed by atoms with Crippen LogP contribution in [0.4, 0.5) is 16.2 Å². The van der Waals surface area contributed by atoms with Crippen molar-refractivity contribution >= 4 is 40.2 Å². The maximum Gasteiger partial charge on any atom is 0.352 e. The molecule has 0 bridgehead atoms. The van der Waals surface area contributed by atoms with E-state index in [-0.39, 0.29) is 12.2 Å². The van der Waals surface area contributed by atoms with Crippen molar-refractivity contribution in [2.24, 2.45) is 0 Å². The predicted molar refractivity (Wildman–Crippen MR) is 102 cm³/mol. The van der Waals surface area contributed by atoms with Crippen LogP contribution >= 0.6 is 0 Å². The highest BCUT2D eigenvalue weighted by molar-refractivity contribution is 5.99. The van der Waals surface area contributed by atoms with Gasteiger partial charge in [0, 0.05) is 22.3 Å². The highest BCUT2D eigenvalue weighted by Gasteiger charge is 2.10. The van der Waals surface area contributed by atoms with Crippen molar-refractivity contribution < 1.29 is 19.5 Å². The van der Waals surface area contributed by atoms with Crippen LogP contribution in [0.25, 0.3) is 10.9 Å². The first-order valence-electron chi connectivity index (χ1n) is 8.15. The second-order valence-electron chi connectivity index (χ2n) is 5.84. The van der Waals surface area contributed by atoms with Gasteiger partial charge < -0.3 is 26.0 Å². The molecular formula is C19H15N5O4. The Morgan fingerprint density at radius 2 is 1.71 bits per heavy atom. The SMILES string of the molecule is N#Cc1ccc(NC(=O)NCC(=O)Nc2ccc3[nH]c(C(=O)O)cc3c2)cc1. The topological polar surface area (TPSA) is 147 Å². The molecule has 0 saturated carbocycles.